The van der Waals surface area contributed by atoms with Gasteiger partial charge in [-0.1, -0.05) is 36.2 Å². The van der Waals surface area contributed by atoms with E-state index >= 15 is 0 Å². The number of ether oxygens (including phenoxy) is 1. The predicted octanol–water partition coefficient (Wildman–Crippen LogP) is 4.46. The minimum atomic E-state index is -0.750. The first-order chi connectivity index (χ1) is 13.3. The molecule has 4 nitrogen and oxygen atoms in total. The van der Waals surface area contributed by atoms with E-state index in [0.717, 1.165) is 24.1 Å². The minimum absolute atomic E-state index is 0.151. The van der Waals surface area contributed by atoms with E-state index in [0.29, 0.717) is 17.9 Å². The van der Waals surface area contributed by atoms with Crippen molar-refractivity contribution < 1.29 is 23.1 Å². The van der Waals surface area contributed by atoms with Crippen molar-refractivity contribution >= 4 is 23.5 Å². The van der Waals surface area contributed by atoms with Crippen LogP contribution in [-0.2, 0) is 19.7 Å². The Bertz CT molecular complexity index is 882. The molecule has 28 heavy (non-hydrogen) atoms. The van der Waals surface area contributed by atoms with Crippen molar-refractivity contribution in [2.24, 2.45) is 0 Å². The molecule has 2 aromatic rings. The third-order valence-electron chi connectivity index (χ3n) is 5.14. The summed E-state index contributed by atoms with van der Waals surface area (Å²) in [5.74, 6) is -2.46. The van der Waals surface area contributed by atoms with E-state index in [-0.39, 0.29) is 5.56 Å². The maximum absolute atomic E-state index is 13.8. The van der Waals surface area contributed by atoms with E-state index in [4.69, 9.17) is 16.3 Å². The van der Waals surface area contributed by atoms with Crippen molar-refractivity contribution in [2.75, 3.05) is 6.61 Å². The summed E-state index contributed by atoms with van der Waals surface area (Å²) in [5, 5.41) is 3.13. The average molecular weight is 408 g/mol. The van der Waals surface area contributed by atoms with Crippen LogP contribution in [0.4, 0.5) is 8.78 Å². The van der Waals surface area contributed by atoms with Crippen LogP contribution in [0, 0.1) is 11.6 Å². The molecule has 2 aromatic carbocycles. The summed E-state index contributed by atoms with van der Waals surface area (Å²) >= 11 is 5.91. The first-order valence-electron chi connectivity index (χ1n) is 8.99. The number of hydrogen-bond donors (Lipinski definition) is 1. The fourth-order valence-electron chi connectivity index (χ4n) is 3.39. The van der Waals surface area contributed by atoms with Gasteiger partial charge in [-0.15, -0.1) is 0 Å². The van der Waals surface area contributed by atoms with Gasteiger partial charge in [0.2, 0.25) is 0 Å². The molecule has 1 N–H and O–H groups in total. The van der Waals surface area contributed by atoms with Crippen molar-refractivity contribution in [1.29, 1.82) is 0 Å². The molecular formula is C21H20ClF2NO3. The monoisotopic (exact) mass is 407 g/mol. The zero-order valence-corrected chi connectivity index (χ0v) is 16.1. The van der Waals surface area contributed by atoms with Gasteiger partial charge in [-0.05, 0) is 43.5 Å². The lowest BCUT2D eigenvalue weighted by Gasteiger charge is -2.39. The summed E-state index contributed by atoms with van der Waals surface area (Å²) in [6, 6.07) is 9.47. The average Bonchev–Trinajstić information content (AvgIpc) is 2.60. The molecule has 0 spiro atoms. The molecule has 0 heterocycles. The molecule has 0 saturated heterocycles. The Kier molecular flexibility index (Phi) is 5.98. The molecule has 7 heteroatoms. The van der Waals surface area contributed by atoms with Crippen molar-refractivity contribution in [3.63, 3.8) is 0 Å². The Balaban J connectivity index is 1.59. The lowest BCUT2D eigenvalue weighted by molar-refractivity contribution is -0.157. The summed E-state index contributed by atoms with van der Waals surface area (Å²) in [7, 11) is 0. The summed E-state index contributed by atoms with van der Waals surface area (Å²) in [5.41, 5.74) is 0.215. The molecule has 0 radical (unpaired) electrons. The smallest absolute Gasteiger partial charge is 0.317 e. The lowest BCUT2D eigenvalue weighted by Crippen LogP contribution is -2.45. The van der Waals surface area contributed by atoms with Crippen LogP contribution < -0.4 is 5.32 Å². The fraction of sp³-hybridized carbons (Fsp3) is 0.333. The highest BCUT2D eigenvalue weighted by molar-refractivity contribution is 6.30. The highest BCUT2D eigenvalue weighted by Crippen LogP contribution is 2.45. The van der Waals surface area contributed by atoms with Gasteiger partial charge >= 0.3 is 5.97 Å². The number of esters is 1. The van der Waals surface area contributed by atoms with Gasteiger partial charge < -0.3 is 10.1 Å². The van der Waals surface area contributed by atoms with Crippen LogP contribution in [0.15, 0.2) is 42.5 Å². The summed E-state index contributed by atoms with van der Waals surface area (Å²) < 4.78 is 32.1. The fourth-order valence-corrected chi connectivity index (χ4v) is 3.52. The van der Waals surface area contributed by atoms with E-state index in [1.165, 1.54) is 6.07 Å². The number of halogens is 3. The Labute approximate surface area is 166 Å². The van der Waals surface area contributed by atoms with E-state index in [1.54, 1.807) is 31.2 Å². The van der Waals surface area contributed by atoms with E-state index in [1.807, 2.05) is 0 Å². The second kappa shape index (κ2) is 8.27. The number of carbonyl (C=O) groups excluding carboxylic acids is 2. The maximum Gasteiger partial charge on any atom is 0.317 e. The lowest BCUT2D eigenvalue weighted by atomic mass is 9.64. The van der Waals surface area contributed by atoms with Gasteiger partial charge in [-0.3, -0.25) is 9.59 Å². The molecule has 0 aromatic heterocycles. The summed E-state index contributed by atoms with van der Waals surface area (Å²) in [4.78, 5) is 24.8. The van der Waals surface area contributed by atoms with Gasteiger partial charge in [-0.25, -0.2) is 8.78 Å². The van der Waals surface area contributed by atoms with Gasteiger partial charge in [-0.2, -0.15) is 0 Å². The number of nitrogens with one attached hydrogen (secondary N) is 1. The second-order valence-corrected chi connectivity index (χ2v) is 7.41. The first-order valence-corrected chi connectivity index (χ1v) is 9.37. The molecular weight excluding hydrogens is 388 g/mol. The molecule has 1 amide bonds. The molecule has 1 atom stereocenters. The predicted molar refractivity (Wildman–Crippen MR) is 101 cm³/mol. The summed E-state index contributed by atoms with van der Waals surface area (Å²) in [6.45, 7) is 1.10. The first kappa shape index (κ1) is 20.3. The SMILES string of the molecule is CC(NC(=O)COC(=O)C1(c2ccc(Cl)cc2)CCC1)c1ccc(F)cc1F. The molecule has 1 unspecified atom stereocenters. The largest absolute Gasteiger partial charge is 0.455 e. The number of hydrogen-bond acceptors (Lipinski definition) is 3. The highest BCUT2D eigenvalue weighted by atomic mass is 35.5. The summed E-state index contributed by atoms with van der Waals surface area (Å²) in [6.07, 6.45) is 2.18. The number of carbonyl (C=O) groups is 2. The molecule has 1 aliphatic rings. The third-order valence-corrected chi connectivity index (χ3v) is 5.39. The molecule has 1 fully saturated rings. The van der Waals surface area contributed by atoms with Crippen LogP contribution in [0.5, 0.6) is 0 Å². The van der Waals surface area contributed by atoms with Gasteiger partial charge in [0.15, 0.2) is 6.61 Å². The van der Waals surface area contributed by atoms with Crippen LogP contribution in [0.3, 0.4) is 0 Å². The van der Waals surface area contributed by atoms with E-state index in [9.17, 15) is 18.4 Å². The maximum atomic E-state index is 13.8. The normalized spacial score (nSPS) is 16.0. The molecule has 1 saturated carbocycles. The number of rotatable bonds is 6. The van der Waals surface area contributed by atoms with Crippen molar-refractivity contribution in [1.82, 2.24) is 5.32 Å². The van der Waals surface area contributed by atoms with Gasteiger partial charge in [0.05, 0.1) is 11.5 Å². The molecule has 1 aliphatic carbocycles. The van der Waals surface area contributed by atoms with Crippen LogP contribution in [0.1, 0.15) is 43.4 Å². The van der Waals surface area contributed by atoms with Crippen LogP contribution in [-0.4, -0.2) is 18.5 Å². The molecule has 0 bridgehead atoms. The van der Waals surface area contributed by atoms with Gasteiger partial charge in [0, 0.05) is 16.7 Å². The number of amides is 1. The minimum Gasteiger partial charge on any atom is -0.455 e. The molecule has 148 valence electrons. The number of benzene rings is 2. The quantitative estimate of drug-likeness (QED) is 0.719. The topological polar surface area (TPSA) is 55.4 Å². The molecule has 0 aliphatic heterocycles. The Hall–Kier alpha value is -2.47. The Morgan fingerprint density at radius 2 is 1.86 bits per heavy atom. The van der Waals surface area contributed by atoms with Crippen LogP contribution >= 0.6 is 11.6 Å². The van der Waals surface area contributed by atoms with Crippen LogP contribution in [0.25, 0.3) is 0 Å². The zero-order chi connectivity index (χ0) is 20.3. The van der Waals surface area contributed by atoms with Crippen molar-refractivity contribution in [3.05, 3.63) is 70.2 Å². The van der Waals surface area contributed by atoms with E-state index in [2.05, 4.69) is 5.32 Å². The Morgan fingerprint density at radius 1 is 1.18 bits per heavy atom. The van der Waals surface area contributed by atoms with E-state index < -0.39 is 41.6 Å². The zero-order valence-electron chi connectivity index (χ0n) is 15.3. The van der Waals surface area contributed by atoms with Gasteiger partial charge in [0.1, 0.15) is 11.6 Å². The third kappa shape index (κ3) is 4.17. The van der Waals surface area contributed by atoms with Crippen molar-refractivity contribution in [3.8, 4) is 0 Å². The standard InChI is InChI=1S/C21H20ClF2NO3/c1-13(17-8-7-16(23)11-18(17)24)25-19(26)12-28-20(27)21(9-2-10-21)14-3-5-15(22)6-4-14/h3-8,11,13H,2,9-10,12H2,1H3,(H,25,26). The van der Waals surface area contributed by atoms with Crippen molar-refractivity contribution in [2.45, 2.75) is 37.6 Å². The highest BCUT2D eigenvalue weighted by Gasteiger charge is 2.47. The second-order valence-electron chi connectivity index (χ2n) is 6.97. The van der Waals surface area contributed by atoms with Crippen LogP contribution in [0.2, 0.25) is 5.02 Å². The van der Waals surface area contributed by atoms with Gasteiger partial charge in [0.25, 0.3) is 5.91 Å². The Morgan fingerprint density at radius 3 is 2.43 bits per heavy atom. The molecule has 3 rings (SSSR count).